The summed E-state index contributed by atoms with van der Waals surface area (Å²) >= 11 is 12.4. The normalized spacial score (nSPS) is 10.7. The zero-order valence-electron chi connectivity index (χ0n) is 14.7. The maximum Gasteiger partial charge on any atom is 0.262 e. The molecule has 0 unspecified atom stereocenters. The average molecular weight is 403 g/mol. The predicted molar refractivity (Wildman–Crippen MR) is 107 cm³/mol. The van der Waals surface area contributed by atoms with Gasteiger partial charge in [-0.15, -0.1) is 0 Å². The van der Waals surface area contributed by atoms with Crippen molar-refractivity contribution >= 4 is 51.5 Å². The first-order valence-corrected chi connectivity index (χ1v) is 8.90. The van der Waals surface area contributed by atoms with Crippen molar-refractivity contribution in [1.29, 1.82) is 0 Å². The number of benzene rings is 2. The first kappa shape index (κ1) is 19.1. The molecule has 0 bridgehead atoms. The van der Waals surface area contributed by atoms with Crippen LogP contribution in [0.4, 0.5) is 5.69 Å². The van der Waals surface area contributed by atoms with Crippen molar-refractivity contribution in [3.8, 4) is 5.75 Å². The van der Waals surface area contributed by atoms with E-state index in [0.29, 0.717) is 32.9 Å². The molecule has 3 rings (SSSR count). The van der Waals surface area contributed by atoms with Crippen molar-refractivity contribution in [2.24, 2.45) is 0 Å². The third-order valence-electron chi connectivity index (χ3n) is 3.90. The summed E-state index contributed by atoms with van der Waals surface area (Å²) in [6.07, 6.45) is 0. The molecule has 3 aromatic rings. The summed E-state index contributed by atoms with van der Waals surface area (Å²) in [4.78, 5) is 27.9. The highest BCUT2D eigenvalue weighted by Gasteiger charge is 2.15. The molecule has 0 radical (unpaired) electrons. The number of ether oxygens (including phenoxy) is 1. The minimum Gasteiger partial charge on any atom is -0.480 e. The molecule has 1 N–H and O–H groups in total. The number of halogens is 2. The van der Waals surface area contributed by atoms with Gasteiger partial charge < -0.3 is 10.1 Å². The van der Waals surface area contributed by atoms with Gasteiger partial charge in [0.25, 0.3) is 5.91 Å². The van der Waals surface area contributed by atoms with E-state index in [1.807, 2.05) is 19.1 Å². The number of pyridine rings is 1. The van der Waals surface area contributed by atoms with Gasteiger partial charge in [-0.05, 0) is 56.3 Å². The van der Waals surface area contributed by atoms with E-state index in [-0.39, 0.29) is 23.3 Å². The van der Waals surface area contributed by atoms with Crippen molar-refractivity contribution < 1.29 is 14.3 Å². The molecule has 138 valence electrons. The number of nitrogens with zero attached hydrogens (tertiary/aromatic N) is 1. The Labute approximate surface area is 166 Å². The number of rotatable bonds is 5. The number of hydrogen-bond donors (Lipinski definition) is 1. The second-order valence-corrected chi connectivity index (χ2v) is 6.80. The van der Waals surface area contributed by atoms with E-state index in [1.54, 1.807) is 30.3 Å². The third kappa shape index (κ3) is 4.38. The van der Waals surface area contributed by atoms with E-state index in [1.165, 1.54) is 6.92 Å². The number of hydrogen-bond acceptors (Lipinski definition) is 4. The van der Waals surface area contributed by atoms with Gasteiger partial charge in [-0.25, -0.2) is 4.98 Å². The molecule has 1 amide bonds. The summed E-state index contributed by atoms with van der Waals surface area (Å²) < 4.78 is 5.64. The molecular weight excluding hydrogens is 387 g/mol. The Balaban J connectivity index is 1.75. The van der Waals surface area contributed by atoms with Crippen LogP contribution in [0.3, 0.4) is 0 Å². The fraction of sp³-hybridized carbons (Fsp3) is 0.150. The van der Waals surface area contributed by atoms with Gasteiger partial charge in [-0.2, -0.15) is 0 Å². The standard InChI is InChI=1S/C20H16Cl2N2O3/c1-11-3-8-15-16(21)9-17(22)20(19(15)23-11)27-10-18(26)24-14-6-4-13(5-7-14)12(2)25/h3-9H,10H2,1-2H3,(H,24,26). The molecular formula is C20H16Cl2N2O3. The molecule has 1 aromatic heterocycles. The van der Waals surface area contributed by atoms with E-state index in [0.717, 1.165) is 5.69 Å². The Morgan fingerprint density at radius 1 is 1.07 bits per heavy atom. The van der Waals surface area contributed by atoms with Gasteiger partial charge in [0.2, 0.25) is 0 Å². The summed E-state index contributed by atoms with van der Waals surface area (Å²) in [5.41, 5.74) is 2.42. The molecule has 7 heteroatoms. The van der Waals surface area contributed by atoms with Crippen molar-refractivity contribution in [3.63, 3.8) is 0 Å². The topological polar surface area (TPSA) is 68.3 Å². The van der Waals surface area contributed by atoms with Crippen LogP contribution in [-0.2, 0) is 4.79 Å². The van der Waals surface area contributed by atoms with Gasteiger partial charge in [0.1, 0.15) is 5.52 Å². The highest BCUT2D eigenvalue weighted by molar-refractivity contribution is 6.39. The van der Waals surface area contributed by atoms with E-state index in [9.17, 15) is 9.59 Å². The Morgan fingerprint density at radius 3 is 2.44 bits per heavy atom. The Morgan fingerprint density at radius 2 is 1.78 bits per heavy atom. The second kappa shape index (κ2) is 7.94. The van der Waals surface area contributed by atoms with Crippen molar-refractivity contribution in [1.82, 2.24) is 4.98 Å². The van der Waals surface area contributed by atoms with E-state index >= 15 is 0 Å². The molecule has 0 aliphatic carbocycles. The lowest BCUT2D eigenvalue weighted by atomic mass is 10.1. The van der Waals surface area contributed by atoms with Crippen LogP contribution >= 0.6 is 23.2 Å². The molecule has 0 spiro atoms. The number of aryl methyl sites for hydroxylation is 1. The van der Waals surface area contributed by atoms with Gasteiger partial charge in [0.05, 0.1) is 10.0 Å². The summed E-state index contributed by atoms with van der Waals surface area (Å²) in [6, 6.07) is 11.8. The number of fused-ring (bicyclic) bond motifs is 1. The van der Waals surface area contributed by atoms with Crippen LogP contribution in [0.25, 0.3) is 10.9 Å². The maximum atomic E-state index is 12.2. The van der Waals surface area contributed by atoms with Gasteiger partial charge in [-0.3, -0.25) is 9.59 Å². The molecule has 1 heterocycles. The summed E-state index contributed by atoms with van der Waals surface area (Å²) in [5.74, 6) is -0.0949. The Bertz CT molecular complexity index is 1030. The number of ketones is 1. The van der Waals surface area contributed by atoms with E-state index in [2.05, 4.69) is 10.3 Å². The number of aromatic nitrogens is 1. The van der Waals surface area contributed by atoms with Gasteiger partial charge in [0.15, 0.2) is 18.1 Å². The fourth-order valence-corrected chi connectivity index (χ4v) is 3.12. The highest BCUT2D eigenvalue weighted by Crippen LogP contribution is 2.37. The number of anilines is 1. The molecule has 5 nitrogen and oxygen atoms in total. The maximum absolute atomic E-state index is 12.2. The summed E-state index contributed by atoms with van der Waals surface area (Å²) in [7, 11) is 0. The van der Waals surface area contributed by atoms with Crippen LogP contribution in [0, 0.1) is 6.92 Å². The lowest BCUT2D eigenvalue weighted by molar-refractivity contribution is -0.118. The second-order valence-electron chi connectivity index (χ2n) is 5.99. The van der Waals surface area contributed by atoms with Crippen molar-refractivity contribution in [2.45, 2.75) is 13.8 Å². The van der Waals surface area contributed by atoms with Gasteiger partial charge in [0, 0.05) is 22.3 Å². The smallest absolute Gasteiger partial charge is 0.262 e. The zero-order valence-corrected chi connectivity index (χ0v) is 16.2. The average Bonchev–Trinajstić information content (AvgIpc) is 2.61. The fourth-order valence-electron chi connectivity index (χ4n) is 2.55. The van der Waals surface area contributed by atoms with Crippen LogP contribution < -0.4 is 10.1 Å². The number of nitrogens with one attached hydrogen (secondary N) is 1. The zero-order chi connectivity index (χ0) is 19.6. The molecule has 27 heavy (non-hydrogen) atoms. The molecule has 0 aliphatic rings. The number of Topliss-reactive ketones (excluding diaryl/α,β-unsaturated/α-hetero) is 1. The van der Waals surface area contributed by atoms with Crippen LogP contribution in [0.15, 0.2) is 42.5 Å². The lowest BCUT2D eigenvalue weighted by Gasteiger charge is -2.12. The molecule has 0 atom stereocenters. The van der Waals surface area contributed by atoms with Gasteiger partial charge >= 0.3 is 0 Å². The number of carbonyl (C=O) groups excluding carboxylic acids is 2. The third-order valence-corrected chi connectivity index (χ3v) is 4.49. The van der Waals surface area contributed by atoms with Gasteiger partial charge in [-0.1, -0.05) is 23.2 Å². The monoisotopic (exact) mass is 402 g/mol. The van der Waals surface area contributed by atoms with Crippen LogP contribution in [0.2, 0.25) is 10.0 Å². The van der Waals surface area contributed by atoms with Crippen molar-refractivity contribution in [2.75, 3.05) is 11.9 Å². The largest absolute Gasteiger partial charge is 0.480 e. The summed E-state index contributed by atoms with van der Waals surface area (Å²) in [5, 5.41) is 4.14. The minimum atomic E-state index is -0.364. The first-order chi connectivity index (χ1) is 12.8. The van der Waals surface area contributed by atoms with E-state index in [4.69, 9.17) is 27.9 Å². The number of amides is 1. The van der Waals surface area contributed by atoms with Crippen LogP contribution in [-0.4, -0.2) is 23.3 Å². The quantitative estimate of drug-likeness (QED) is 0.604. The summed E-state index contributed by atoms with van der Waals surface area (Å²) in [6.45, 7) is 3.08. The minimum absolute atomic E-state index is 0.0386. The predicted octanol–water partition coefficient (Wildman–Crippen LogP) is 5.07. The van der Waals surface area contributed by atoms with Crippen LogP contribution in [0.1, 0.15) is 23.0 Å². The Kier molecular flexibility index (Phi) is 5.63. The molecule has 0 fully saturated rings. The number of carbonyl (C=O) groups is 2. The molecule has 0 saturated carbocycles. The first-order valence-electron chi connectivity index (χ1n) is 8.14. The molecule has 0 saturated heterocycles. The molecule has 2 aromatic carbocycles. The molecule has 0 aliphatic heterocycles. The highest BCUT2D eigenvalue weighted by atomic mass is 35.5. The Hall–Kier alpha value is -2.63. The van der Waals surface area contributed by atoms with E-state index < -0.39 is 0 Å². The lowest BCUT2D eigenvalue weighted by Crippen LogP contribution is -2.20. The van der Waals surface area contributed by atoms with Crippen LogP contribution in [0.5, 0.6) is 5.75 Å². The van der Waals surface area contributed by atoms with Crippen molar-refractivity contribution in [3.05, 3.63) is 63.8 Å². The SMILES string of the molecule is CC(=O)c1ccc(NC(=O)COc2c(Cl)cc(Cl)c3ccc(C)nc23)cc1.